The molecule has 0 saturated carbocycles. The van der Waals surface area contributed by atoms with Crippen molar-refractivity contribution in [3.63, 3.8) is 0 Å². The number of hydrogen-bond acceptors (Lipinski definition) is 6. The third kappa shape index (κ3) is 69.8. The van der Waals surface area contributed by atoms with Gasteiger partial charge in [-0.15, -0.1) is 0 Å². The molecule has 0 heterocycles. The van der Waals surface area contributed by atoms with Crippen molar-refractivity contribution in [1.29, 1.82) is 0 Å². The molecule has 0 amide bonds. The third-order valence-electron chi connectivity index (χ3n) is 16.5. The van der Waals surface area contributed by atoms with Crippen LogP contribution in [0.4, 0.5) is 0 Å². The van der Waals surface area contributed by atoms with Gasteiger partial charge < -0.3 is 14.2 Å². The lowest BCUT2D eigenvalue weighted by Gasteiger charge is -2.18. The van der Waals surface area contributed by atoms with E-state index in [1.807, 2.05) is 0 Å². The fourth-order valence-electron chi connectivity index (χ4n) is 11.0. The highest BCUT2D eigenvalue weighted by Crippen LogP contribution is 2.18. The van der Waals surface area contributed by atoms with Crippen LogP contribution in [0.15, 0.2) is 60.8 Å². The molecule has 83 heavy (non-hydrogen) atoms. The van der Waals surface area contributed by atoms with Gasteiger partial charge in [0.1, 0.15) is 13.2 Å². The Bertz CT molecular complexity index is 1470. The van der Waals surface area contributed by atoms with E-state index in [2.05, 4.69) is 81.5 Å². The minimum absolute atomic E-state index is 0.0723. The van der Waals surface area contributed by atoms with E-state index in [4.69, 9.17) is 14.2 Å². The highest BCUT2D eigenvalue weighted by atomic mass is 16.6. The molecule has 0 aromatic heterocycles. The lowest BCUT2D eigenvalue weighted by Crippen LogP contribution is -2.30. The zero-order chi connectivity index (χ0) is 59.9. The molecule has 0 aliphatic carbocycles. The topological polar surface area (TPSA) is 78.9 Å². The normalized spacial score (nSPS) is 12.4. The maximum atomic E-state index is 13.0. The van der Waals surface area contributed by atoms with Crippen molar-refractivity contribution < 1.29 is 28.6 Å². The summed E-state index contributed by atoms with van der Waals surface area (Å²) in [6.07, 6.45) is 92.5. The summed E-state index contributed by atoms with van der Waals surface area (Å²) < 4.78 is 17.0. The highest BCUT2D eigenvalue weighted by molar-refractivity contribution is 5.71. The molecule has 1 atom stereocenters. The Morgan fingerprint density at radius 1 is 0.241 bits per heavy atom. The van der Waals surface area contributed by atoms with E-state index in [9.17, 15) is 14.4 Å². The number of rotatable bonds is 68. The summed E-state index contributed by atoms with van der Waals surface area (Å²) in [5.41, 5.74) is 0. The molecule has 0 aliphatic heterocycles. The van der Waals surface area contributed by atoms with Gasteiger partial charge in [0.2, 0.25) is 0 Å². The predicted octanol–water partition coefficient (Wildman–Crippen LogP) is 25.5. The number of carbonyl (C=O) groups excluding carboxylic acids is 3. The molecule has 6 nitrogen and oxygen atoms in total. The summed E-state index contributed by atoms with van der Waals surface area (Å²) in [5, 5.41) is 0. The number of ether oxygens (including phenoxy) is 3. The number of allylic oxidation sites excluding steroid dienone is 10. The molecule has 1 unspecified atom stereocenters. The second kappa shape index (κ2) is 71.6. The fraction of sp³-hybridized carbons (Fsp3) is 0.831. The first-order valence-electron chi connectivity index (χ1n) is 36.8. The molecule has 0 aromatic rings. The second-order valence-corrected chi connectivity index (χ2v) is 24.9. The van der Waals surface area contributed by atoms with Gasteiger partial charge in [0.15, 0.2) is 6.10 Å². The minimum atomic E-state index is -0.777. The summed E-state index contributed by atoms with van der Waals surface area (Å²) in [6, 6.07) is 0. The van der Waals surface area contributed by atoms with Crippen LogP contribution in [0.2, 0.25) is 0 Å². The molecule has 0 fully saturated rings. The summed E-state index contributed by atoms with van der Waals surface area (Å²) in [6.45, 7) is 6.67. The van der Waals surface area contributed by atoms with Gasteiger partial charge in [-0.3, -0.25) is 14.4 Å². The van der Waals surface area contributed by atoms with Gasteiger partial charge in [0, 0.05) is 19.3 Å². The fourth-order valence-corrected chi connectivity index (χ4v) is 11.0. The first-order valence-corrected chi connectivity index (χ1v) is 36.8. The standard InChI is InChI=1S/C77H140O6/c1-4-7-10-13-16-19-22-25-27-29-31-33-35-36-37-38-39-40-42-43-45-47-49-52-55-58-61-64-67-70-76(79)82-73-74(72-81-75(78)69-66-63-60-57-54-51-24-21-18-15-12-9-6-3)83-77(80)71-68-65-62-59-56-53-50-48-46-44-41-34-32-30-28-26-23-20-17-14-11-8-5-2/h22-23,25-26,29-32,41,44,74H,4-21,24,27-28,33-40,42-43,45-73H2,1-3H3/b25-22-,26-23-,31-29-,32-30-,44-41-. The Hall–Kier alpha value is -2.89. The van der Waals surface area contributed by atoms with Gasteiger partial charge in [-0.05, 0) is 89.9 Å². The number of carbonyl (C=O) groups is 3. The van der Waals surface area contributed by atoms with Crippen molar-refractivity contribution in [2.75, 3.05) is 13.2 Å². The zero-order valence-corrected chi connectivity index (χ0v) is 55.7. The van der Waals surface area contributed by atoms with Crippen LogP contribution < -0.4 is 0 Å². The predicted molar refractivity (Wildman–Crippen MR) is 362 cm³/mol. The number of unbranched alkanes of at least 4 members (excludes halogenated alkanes) is 47. The van der Waals surface area contributed by atoms with Crippen LogP contribution >= 0.6 is 0 Å². The maximum absolute atomic E-state index is 13.0. The quantitative estimate of drug-likeness (QED) is 0.0261. The average molecular weight is 1160 g/mol. The summed E-state index contributed by atoms with van der Waals surface area (Å²) in [4.78, 5) is 38.5. The van der Waals surface area contributed by atoms with E-state index in [1.165, 1.54) is 270 Å². The van der Waals surface area contributed by atoms with Gasteiger partial charge in [-0.1, -0.05) is 345 Å². The van der Waals surface area contributed by atoms with Crippen molar-refractivity contribution in [3.8, 4) is 0 Å². The van der Waals surface area contributed by atoms with Crippen LogP contribution in [0.25, 0.3) is 0 Å². The van der Waals surface area contributed by atoms with Crippen LogP contribution in [0, 0.1) is 0 Å². The molecule has 6 heteroatoms. The lowest BCUT2D eigenvalue weighted by molar-refractivity contribution is -0.167. The van der Waals surface area contributed by atoms with E-state index in [0.29, 0.717) is 19.3 Å². The molecule has 484 valence electrons. The Morgan fingerprint density at radius 2 is 0.434 bits per heavy atom. The Labute approximate surface area is 517 Å². The average Bonchev–Trinajstić information content (AvgIpc) is 3.49. The smallest absolute Gasteiger partial charge is 0.306 e. The van der Waals surface area contributed by atoms with Crippen molar-refractivity contribution >= 4 is 17.9 Å². The monoisotopic (exact) mass is 1160 g/mol. The molecule has 0 bridgehead atoms. The summed E-state index contributed by atoms with van der Waals surface area (Å²) in [5.74, 6) is -0.854. The molecule has 0 N–H and O–H groups in total. The second-order valence-electron chi connectivity index (χ2n) is 24.9. The van der Waals surface area contributed by atoms with Crippen LogP contribution in [-0.2, 0) is 28.6 Å². The third-order valence-corrected chi connectivity index (χ3v) is 16.5. The largest absolute Gasteiger partial charge is 0.462 e. The van der Waals surface area contributed by atoms with Gasteiger partial charge in [-0.25, -0.2) is 0 Å². The van der Waals surface area contributed by atoms with Crippen molar-refractivity contribution in [2.45, 2.75) is 399 Å². The number of esters is 3. The molecule has 0 rings (SSSR count). The molecule has 0 radical (unpaired) electrons. The van der Waals surface area contributed by atoms with Crippen LogP contribution in [-0.4, -0.2) is 37.2 Å². The molecule has 0 aromatic carbocycles. The van der Waals surface area contributed by atoms with E-state index in [1.54, 1.807) is 0 Å². The van der Waals surface area contributed by atoms with Gasteiger partial charge in [0.05, 0.1) is 0 Å². The van der Waals surface area contributed by atoms with E-state index in [-0.39, 0.29) is 31.1 Å². The molecular weight excluding hydrogens is 1020 g/mol. The first kappa shape index (κ1) is 80.1. The molecular formula is C77H140O6. The SMILES string of the molecule is CCCCCCC/C=C\C/C=C\C/C=C\CCCCCCCCCCC(=O)OC(COC(=O)CCCCCCCCCCCCCCC)COC(=O)CCCCCCCCCCCCCCCCCCC/C=C\C/C=C\CCCCCCC. The van der Waals surface area contributed by atoms with Gasteiger partial charge in [0.25, 0.3) is 0 Å². The van der Waals surface area contributed by atoms with Crippen molar-refractivity contribution in [2.24, 2.45) is 0 Å². The first-order chi connectivity index (χ1) is 41.0. The van der Waals surface area contributed by atoms with E-state index >= 15 is 0 Å². The summed E-state index contributed by atoms with van der Waals surface area (Å²) >= 11 is 0. The Balaban J connectivity index is 4.23. The van der Waals surface area contributed by atoms with Crippen LogP contribution in [0.5, 0.6) is 0 Å². The molecule has 0 saturated heterocycles. The number of hydrogen-bond donors (Lipinski definition) is 0. The van der Waals surface area contributed by atoms with E-state index < -0.39 is 6.10 Å². The maximum Gasteiger partial charge on any atom is 0.306 e. The van der Waals surface area contributed by atoms with Gasteiger partial charge >= 0.3 is 17.9 Å². The van der Waals surface area contributed by atoms with Crippen molar-refractivity contribution in [3.05, 3.63) is 60.8 Å². The van der Waals surface area contributed by atoms with Gasteiger partial charge in [-0.2, -0.15) is 0 Å². The minimum Gasteiger partial charge on any atom is -0.462 e. The highest BCUT2D eigenvalue weighted by Gasteiger charge is 2.19. The molecule has 0 aliphatic rings. The zero-order valence-electron chi connectivity index (χ0n) is 55.7. The Morgan fingerprint density at radius 3 is 0.675 bits per heavy atom. The summed E-state index contributed by atoms with van der Waals surface area (Å²) in [7, 11) is 0. The Kier molecular flexibility index (Phi) is 69.1. The molecule has 0 spiro atoms. The van der Waals surface area contributed by atoms with Crippen molar-refractivity contribution in [1.82, 2.24) is 0 Å². The van der Waals surface area contributed by atoms with E-state index in [0.717, 1.165) is 83.5 Å². The van der Waals surface area contributed by atoms with Crippen LogP contribution in [0.3, 0.4) is 0 Å². The van der Waals surface area contributed by atoms with Crippen LogP contribution in [0.1, 0.15) is 393 Å². The lowest BCUT2D eigenvalue weighted by atomic mass is 10.0.